The normalized spacial score (nSPS) is 13.6. The van der Waals surface area contributed by atoms with E-state index >= 15 is 0 Å². The van der Waals surface area contributed by atoms with Crippen LogP contribution in [0.3, 0.4) is 0 Å². The summed E-state index contributed by atoms with van der Waals surface area (Å²) in [5.41, 5.74) is 8.52. The van der Waals surface area contributed by atoms with Gasteiger partial charge in [-0.15, -0.1) is 0 Å². The zero-order chi connectivity index (χ0) is 23.3. The van der Waals surface area contributed by atoms with E-state index in [0.29, 0.717) is 23.7 Å². The van der Waals surface area contributed by atoms with Crippen LogP contribution in [0.2, 0.25) is 0 Å². The fourth-order valence-electron chi connectivity index (χ4n) is 4.40. The molecular weight excluding hydrogens is 451 g/mol. The van der Waals surface area contributed by atoms with Crippen molar-refractivity contribution in [3.05, 3.63) is 71.1 Å². The maximum absolute atomic E-state index is 4.20. The van der Waals surface area contributed by atoms with Gasteiger partial charge in [0.15, 0.2) is 0 Å². The van der Waals surface area contributed by atoms with Crippen molar-refractivity contribution in [2.75, 3.05) is 16.5 Å². The molecule has 0 bridgehead atoms. The van der Waals surface area contributed by atoms with Gasteiger partial charge in [0.1, 0.15) is 0 Å². The van der Waals surface area contributed by atoms with Gasteiger partial charge in [0.2, 0.25) is 0 Å². The molecule has 0 spiro atoms. The molecule has 1 aliphatic rings. The van der Waals surface area contributed by atoms with Gasteiger partial charge < -0.3 is 9.80 Å². The number of hydrogen-bond donors (Lipinski definition) is 0. The molecule has 4 heteroatoms. The average Bonchev–Trinajstić information content (AvgIpc) is 3.23. The molecule has 0 N–H and O–H groups in total. The molecular formula is C27H38ClCuN2. The van der Waals surface area contributed by atoms with E-state index in [1.165, 1.54) is 33.6 Å². The second-order valence-corrected chi connectivity index (χ2v) is 9.57. The third-order valence-electron chi connectivity index (χ3n) is 5.99. The zero-order valence-corrected chi connectivity index (χ0v) is 21.9. The zero-order valence-electron chi connectivity index (χ0n) is 20.2. The molecule has 0 aliphatic carbocycles. The molecule has 0 atom stereocenters. The molecule has 2 nitrogen and oxygen atoms in total. The van der Waals surface area contributed by atoms with Crippen LogP contribution in [-0.2, 0) is 15.1 Å². The van der Waals surface area contributed by atoms with Crippen LogP contribution in [-0.4, -0.2) is 6.67 Å². The number of para-hydroxylation sites is 2. The standard InChI is InChI=1S/C27H38N2.ClH.Cu/c1-18(2)22-11-9-12-23(19(3)4)26(22)28-15-16-29(17-28)27-24(20(5)6)13-10-14-25(27)21(7)8;;/h9-16,18-21H,17H2,1-8H3;1H;/q;;+1/p-1. The number of benzene rings is 2. The van der Waals surface area contributed by atoms with Crippen LogP contribution in [0.1, 0.15) is 101 Å². The van der Waals surface area contributed by atoms with Gasteiger partial charge in [-0.1, -0.05) is 91.8 Å². The first-order chi connectivity index (χ1) is 14.7. The van der Waals surface area contributed by atoms with Crippen molar-refractivity contribution in [3.63, 3.8) is 0 Å². The van der Waals surface area contributed by atoms with E-state index in [1.807, 2.05) is 0 Å². The van der Waals surface area contributed by atoms with Crippen molar-refractivity contribution in [1.82, 2.24) is 0 Å². The first-order valence-electron chi connectivity index (χ1n) is 11.3. The van der Waals surface area contributed by atoms with Gasteiger partial charge in [0.05, 0.1) is 6.67 Å². The summed E-state index contributed by atoms with van der Waals surface area (Å²) < 4.78 is 0. The topological polar surface area (TPSA) is 6.48 Å². The Morgan fingerprint density at radius 3 is 1.06 bits per heavy atom. The second-order valence-electron chi connectivity index (χ2n) is 9.57. The summed E-state index contributed by atoms with van der Waals surface area (Å²) in [5, 5.41) is 0. The van der Waals surface area contributed by atoms with E-state index in [9.17, 15) is 0 Å². The fourth-order valence-corrected chi connectivity index (χ4v) is 4.40. The molecule has 0 saturated carbocycles. The molecule has 31 heavy (non-hydrogen) atoms. The summed E-state index contributed by atoms with van der Waals surface area (Å²) in [7, 11) is 4.20. The first-order valence-corrected chi connectivity index (χ1v) is 12.6. The van der Waals surface area contributed by atoms with Crippen molar-refractivity contribution < 1.29 is 15.1 Å². The third-order valence-corrected chi connectivity index (χ3v) is 5.99. The van der Waals surface area contributed by atoms with E-state index in [1.54, 1.807) is 0 Å². The Morgan fingerprint density at radius 1 is 0.581 bits per heavy atom. The summed E-state index contributed by atoms with van der Waals surface area (Å²) in [6.45, 7) is 19.2. The van der Waals surface area contributed by atoms with Crippen molar-refractivity contribution in [3.8, 4) is 0 Å². The quantitative estimate of drug-likeness (QED) is 0.375. The maximum atomic E-state index is 4.20. The van der Waals surface area contributed by atoms with Gasteiger partial charge in [0, 0.05) is 23.8 Å². The van der Waals surface area contributed by atoms with E-state index in [2.05, 4.69) is 139 Å². The Kier molecular flexibility index (Phi) is 9.55. The fraction of sp³-hybridized carbons (Fsp3) is 0.481. The van der Waals surface area contributed by atoms with Crippen LogP contribution in [0, 0.1) is 0 Å². The number of hydrogen-bond acceptors (Lipinski definition) is 2. The molecule has 0 fully saturated rings. The Balaban J connectivity index is 0.00000166. The van der Waals surface area contributed by atoms with Crippen molar-refractivity contribution in [2.24, 2.45) is 0 Å². The molecule has 0 saturated heterocycles. The summed E-state index contributed by atoms with van der Waals surface area (Å²) >= 11 is 3.66. The molecule has 0 radical (unpaired) electrons. The van der Waals surface area contributed by atoms with E-state index < -0.39 is 0 Å². The molecule has 0 unspecified atom stereocenters. The number of rotatable bonds is 6. The summed E-state index contributed by atoms with van der Waals surface area (Å²) in [6, 6.07) is 13.6. The Morgan fingerprint density at radius 2 is 0.839 bits per heavy atom. The van der Waals surface area contributed by atoms with Crippen molar-refractivity contribution in [1.29, 1.82) is 0 Å². The van der Waals surface area contributed by atoms with Gasteiger partial charge >= 0.3 is 25.2 Å². The van der Waals surface area contributed by atoms with E-state index in [0.717, 1.165) is 6.67 Å². The molecule has 3 rings (SSSR count). The molecule has 2 aromatic rings. The monoisotopic (exact) mass is 488 g/mol. The molecule has 174 valence electrons. The predicted molar refractivity (Wildman–Crippen MR) is 134 cm³/mol. The molecule has 0 amide bonds. The number of nitrogens with zero attached hydrogens (tertiary/aromatic N) is 2. The predicted octanol–water partition coefficient (Wildman–Crippen LogP) is 8.62. The second kappa shape index (κ2) is 11.5. The minimum atomic E-state index is 0.500. The molecule has 2 aromatic carbocycles. The van der Waals surface area contributed by atoms with Crippen LogP contribution in [0.5, 0.6) is 0 Å². The van der Waals surface area contributed by atoms with Crippen LogP contribution in [0.4, 0.5) is 11.4 Å². The van der Waals surface area contributed by atoms with Gasteiger partial charge in [-0.25, -0.2) is 0 Å². The Hall–Kier alpha value is -1.41. The average molecular weight is 490 g/mol. The van der Waals surface area contributed by atoms with Gasteiger partial charge in [0.25, 0.3) is 0 Å². The van der Waals surface area contributed by atoms with Gasteiger partial charge in [-0.2, -0.15) is 0 Å². The van der Waals surface area contributed by atoms with Gasteiger partial charge in [-0.3, -0.25) is 0 Å². The first kappa shape index (κ1) is 25.8. The Bertz CT molecular complexity index is 763. The summed E-state index contributed by atoms with van der Waals surface area (Å²) in [4.78, 5) is 4.90. The third kappa shape index (κ3) is 5.69. The summed E-state index contributed by atoms with van der Waals surface area (Å²) in [5.74, 6) is 2.00. The minimum absolute atomic E-state index is 0.500. The summed E-state index contributed by atoms with van der Waals surface area (Å²) in [6.07, 6.45) is 4.54. The Labute approximate surface area is 202 Å². The van der Waals surface area contributed by atoms with E-state index in [-0.39, 0.29) is 0 Å². The SMILES string of the molecule is CC(C)c1cccc(C(C)C)c1N1C=CN(c2c(C(C)C)cccc2C(C)C)C1.[Cl][Cu]. The van der Waals surface area contributed by atoms with Crippen molar-refractivity contribution >= 4 is 21.5 Å². The van der Waals surface area contributed by atoms with E-state index in [4.69, 9.17) is 0 Å². The van der Waals surface area contributed by atoms with Crippen molar-refractivity contribution in [2.45, 2.75) is 79.1 Å². The molecule has 0 aromatic heterocycles. The number of anilines is 2. The number of halogens is 1. The van der Waals surface area contributed by atoms with Crippen LogP contribution in [0.25, 0.3) is 0 Å². The van der Waals surface area contributed by atoms with Crippen LogP contribution < -0.4 is 9.80 Å². The van der Waals surface area contributed by atoms with Crippen LogP contribution in [0.15, 0.2) is 48.8 Å². The van der Waals surface area contributed by atoms with Gasteiger partial charge in [-0.05, 0) is 45.9 Å². The molecule has 1 aliphatic heterocycles. The van der Waals surface area contributed by atoms with Crippen LogP contribution >= 0.6 is 10.1 Å². The molecule has 1 heterocycles.